The first-order valence-corrected chi connectivity index (χ1v) is 8.73. The van der Waals surface area contributed by atoms with Crippen molar-refractivity contribution < 1.29 is 14.3 Å². The van der Waals surface area contributed by atoms with E-state index >= 15 is 0 Å². The molecule has 0 saturated heterocycles. The molecule has 0 fully saturated rings. The fourth-order valence-corrected chi connectivity index (χ4v) is 2.57. The summed E-state index contributed by atoms with van der Waals surface area (Å²) in [6.07, 6.45) is 2.86. The Balaban J connectivity index is 1.59. The highest BCUT2D eigenvalue weighted by atomic mass is 35.5. The lowest BCUT2D eigenvalue weighted by molar-refractivity contribution is 0.0600. The van der Waals surface area contributed by atoms with Crippen LogP contribution in [0.5, 0.6) is 0 Å². The number of rotatable bonds is 6. The number of esters is 1. The van der Waals surface area contributed by atoms with Gasteiger partial charge in [-0.05, 0) is 35.9 Å². The van der Waals surface area contributed by atoms with Crippen molar-refractivity contribution in [2.75, 3.05) is 12.4 Å². The molecular weight excluding hydrogens is 380 g/mol. The Bertz CT molecular complexity index is 976. The molecule has 142 valence electrons. The van der Waals surface area contributed by atoms with E-state index in [1.165, 1.54) is 19.5 Å². The Hall–Kier alpha value is -3.45. The van der Waals surface area contributed by atoms with Crippen molar-refractivity contribution in [2.45, 2.75) is 6.54 Å². The van der Waals surface area contributed by atoms with E-state index in [0.717, 1.165) is 5.56 Å². The Morgan fingerprint density at radius 1 is 1.00 bits per heavy atom. The molecule has 0 saturated carbocycles. The van der Waals surface area contributed by atoms with E-state index in [2.05, 4.69) is 25.3 Å². The largest absolute Gasteiger partial charge is 0.465 e. The van der Waals surface area contributed by atoms with Crippen LogP contribution in [-0.4, -0.2) is 29.0 Å². The minimum absolute atomic E-state index is 0.297. The zero-order valence-corrected chi connectivity index (χ0v) is 15.7. The van der Waals surface area contributed by atoms with E-state index in [-0.39, 0.29) is 5.91 Å². The third-order valence-corrected chi connectivity index (χ3v) is 4.24. The molecule has 0 bridgehead atoms. The number of ether oxygens (including phenoxy) is 1. The average Bonchev–Trinajstić information content (AvgIpc) is 2.73. The molecule has 8 heteroatoms. The van der Waals surface area contributed by atoms with Gasteiger partial charge in [0.2, 0.25) is 5.95 Å². The fourth-order valence-electron chi connectivity index (χ4n) is 2.37. The lowest BCUT2D eigenvalue weighted by Crippen LogP contribution is -2.23. The van der Waals surface area contributed by atoms with E-state index in [9.17, 15) is 9.59 Å². The average molecular weight is 397 g/mol. The lowest BCUT2D eigenvalue weighted by Gasteiger charge is -2.08. The molecule has 0 aliphatic carbocycles. The molecule has 2 N–H and O–H groups in total. The molecule has 7 nitrogen and oxygen atoms in total. The molecule has 0 atom stereocenters. The quantitative estimate of drug-likeness (QED) is 0.618. The molecule has 1 heterocycles. The summed E-state index contributed by atoms with van der Waals surface area (Å²) in [4.78, 5) is 31.9. The van der Waals surface area contributed by atoms with Gasteiger partial charge in [-0.1, -0.05) is 29.8 Å². The summed E-state index contributed by atoms with van der Waals surface area (Å²) >= 11 is 6.08. The molecule has 1 amide bonds. The summed E-state index contributed by atoms with van der Waals surface area (Å²) in [5.74, 6) is -0.377. The van der Waals surface area contributed by atoms with Gasteiger partial charge >= 0.3 is 5.97 Å². The maximum Gasteiger partial charge on any atom is 0.337 e. The number of hydrogen-bond donors (Lipinski definition) is 2. The van der Waals surface area contributed by atoms with E-state index in [1.54, 1.807) is 30.3 Å². The first-order valence-electron chi connectivity index (χ1n) is 8.36. The fraction of sp³-hybridized carbons (Fsp3) is 0.100. The van der Waals surface area contributed by atoms with Gasteiger partial charge in [-0.3, -0.25) is 4.79 Å². The highest BCUT2D eigenvalue weighted by molar-refractivity contribution is 6.31. The standard InChI is InChI=1S/C20H17ClN4O3/c1-28-19(27)13-6-8-16(9-7-13)25-20-23-11-15(12-24-20)18(26)22-10-14-4-2-3-5-17(14)21/h2-9,11-12H,10H2,1H3,(H,22,26)(H,23,24,25). The van der Waals surface area contributed by atoms with Crippen molar-refractivity contribution in [3.8, 4) is 0 Å². The second-order valence-electron chi connectivity index (χ2n) is 5.76. The number of anilines is 2. The summed E-state index contributed by atoms with van der Waals surface area (Å²) in [5, 5.41) is 6.37. The van der Waals surface area contributed by atoms with Gasteiger partial charge in [-0.15, -0.1) is 0 Å². The molecule has 0 radical (unpaired) electrons. The summed E-state index contributed by atoms with van der Waals surface area (Å²) in [6.45, 7) is 0.311. The summed E-state index contributed by atoms with van der Waals surface area (Å²) in [5.41, 5.74) is 2.30. The number of amides is 1. The Morgan fingerprint density at radius 3 is 2.32 bits per heavy atom. The van der Waals surface area contributed by atoms with Crippen LogP contribution in [-0.2, 0) is 11.3 Å². The first kappa shape index (κ1) is 19.3. The second-order valence-corrected chi connectivity index (χ2v) is 6.17. The van der Waals surface area contributed by atoms with Crippen molar-refractivity contribution in [1.82, 2.24) is 15.3 Å². The summed E-state index contributed by atoms with van der Waals surface area (Å²) < 4.78 is 4.66. The van der Waals surface area contributed by atoms with Gasteiger partial charge in [0.25, 0.3) is 5.91 Å². The molecule has 2 aromatic carbocycles. The van der Waals surface area contributed by atoms with Crippen molar-refractivity contribution in [1.29, 1.82) is 0 Å². The number of nitrogens with one attached hydrogen (secondary N) is 2. The molecule has 0 spiro atoms. The summed E-state index contributed by atoms with van der Waals surface area (Å²) in [6, 6.07) is 14.0. The lowest BCUT2D eigenvalue weighted by atomic mass is 10.2. The molecular formula is C20H17ClN4O3. The number of carbonyl (C=O) groups excluding carboxylic acids is 2. The third kappa shape index (κ3) is 4.83. The second kappa shape index (κ2) is 8.96. The molecule has 28 heavy (non-hydrogen) atoms. The smallest absolute Gasteiger partial charge is 0.337 e. The minimum atomic E-state index is -0.407. The third-order valence-electron chi connectivity index (χ3n) is 3.87. The predicted molar refractivity (Wildman–Crippen MR) is 106 cm³/mol. The topological polar surface area (TPSA) is 93.2 Å². The predicted octanol–water partition coefficient (Wildman–Crippen LogP) is 3.59. The normalized spacial score (nSPS) is 10.2. The molecule has 0 aliphatic rings. The van der Waals surface area contributed by atoms with Gasteiger partial charge in [0.05, 0.1) is 18.2 Å². The van der Waals surface area contributed by atoms with E-state index in [1.807, 2.05) is 18.2 Å². The SMILES string of the molecule is COC(=O)c1ccc(Nc2ncc(C(=O)NCc3ccccc3Cl)cn2)cc1. The number of hydrogen-bond acceptors (Lipinski definition) is 6. The van der Waals surface area contributed by atoms with Crippen LogP contribution in [0.4, 0.5) is 11.6 Å². The monoisotopic (exact) mass is 396 g/mol. The molecule has 3 rings (SSSR count). The minimum Gasteiger partial charge on any atom is -0.465 e. The molecule has 0 aliphatic heterocycles. The maximum absolute atomic E-state index is 12.2. The van der Waals surface area contributed by atoms with Crippen molar-refractivity contribution in [3.05, 3.63) is 82.6 Å². The number of nitrogens with zero attached hydrogens (tertiary/aromatic N) is 2. The Morgan fingerprint density at radius 2 is 1.68 bits per heavy atom. The molecule has 0 unspecified atom stereocenters. The van der Waals surface area contributed by atoms with E-state index in [4.69, 9.17) is 11.6 Å². The number of aromatic nitrogens is 2. The van der Waals surface area contributed by atoms with E-state index in [0.29, 0.717) is 34.3 Å². The van der Waals surface area contributed by atoms with Crippen LogP contribution < -0.4 is 10.6 Å². The molecule has 1 aromatic heterocycles. The van der Waals surface area contributed by atoms with E-state index < -0.39 is 5.97 Å². The van der Waals surface area contributed by atoms with Crippen LogP contribution in [0.3, 0.4) is 0 Å². The van der Waals surface area contributed by atoms with Crippen molar-refractivity contribution in [3.63, 3.8) is 0 Å². The number of benzene rings is 2. The highest BCUT2D eigenvalue weighted by Crippen LogP contribution is 2.16. The van der Waals surface area contributed by atoms with Crippen LogP contribution >= 0.6 is 11.6 Å². The van der Waals surface area contributed by atoms with Crippen molar-refractivity contribution in [2.24, 2.45) is 0 Å². The van der Waals surface area contributed by atoms with Crippen LogP contribution in [0.15, 0.2) is 60.9 Å². The number of carbonyl (C=O) groups is 2. The van der Waals surface area contributed by atoms with Gasteiger partial charge < -0.3 is 15.4 Å². The first-order chi connectivity index (χ1) is 13.6. The zero-order valence-electron chi connectivity index (χ0n) is 15.0. The van der Waals surface area contributed by atoms with Crippen molar-refractivity contribution >= 4 is 35.1 Å². The number of halogens is 1. The van der Waals surface area contributed by atoms with Crippen LogP contribution in [0, 0.1) is 0 Å². The molecule has 3 aromatic rings. The number of methoxy groups -OCH3 is 1. The van der Waals surface area contributed by atoms with Crippen LogP contribution in [0.2, 0.25) is 5.02 Å². The van der Waals surface area contributed by atoms with Gasteiger partial charge in [0.15, 0.2) is 0 Å². The van der Waals surface area contributed by atoms with Crippen LogP contribution in [0.25, 0.3) is 0 Å². The summed E-state index contributed by atoms with van der Waals surface area (Å²) in [7, 11) is 1.33. The Labute approximate surface area is 166 Å². The maximum atomic E-state index is 12.2. The van der Waals surface area contributed by atoms with Gasteiger partial charge in [0, 0.05) is 29.6 Å². The Kier molecular flexibility index (Phi) is 6.18. The van der Waals surface area contributed by atoms with Gasteiger partial charge in [-0.25, -0.2) is 14.8 Å². The highest BCUT2D eigenvalue weighted by Gasteiger charge is 2.09. The zero-order chi connectivity index (χ0) is 19.9. The van der Waals surface area contributed by atoms with Gasteiger partial charge in [-0.2, -0.15) is 0 Å². The van der Waals surface area contributed by atoms with Crippen LogP contribution in [0.1, 0.15) is 26.3 Å². The van der Waals surface area contributed by atoms with Gasteiger partial charge in [0.1, 0.15) is 0 Å².